The van der Waals surface area contributed by atoms with Gasteiger partial charge in [0.1, 0.15) is 11.6 Å². The molecule has 4 heteroatoms. The van der Waals surface area contributed by atoms with Gasteiger partial charge in [-0.25, -0.2) is 8.78 Å². The van der Waals surface area contributed by atoms with E-state index in [1.807, 2.05) is 0 Å². The molecule has 0 bridgehead atoms. The van der Waals surface area contributed by atoms with Gasteiger partial charge in [-0.1, -0.05) is 35.9 Å². The highest BCUT2D eigenvalue weighted by Crippen LogP contribution is 2.20. The van der Waals surface area contributed by atoms with Crippen LogP contribution in [0.4, 0.5) is 8.78 Å². The molecule has 0 saturated heterocycles. The Hall–Kier alpha value is -2.00. The van der Waals surface area contributed by atoms with Crippen molar-refractivity contribution >= 4 is 23.5 Å². The summed E-state index contributed by atoms with van der Waals surface area (Å²) in [5.41, 5.74) is 0.0417. The summed E-state index contributed by atoms with van der Waals surface area (Å²) in [7, 11) is 0. The van der Waals surface area contributed by atoms with Gasteiger partial charge in [0.15, 0.2) is 5.78 Å². The van der Waals surface area contributed by atoms with Gasteiger partial charge in [0.2, 0.25) is 0 Å². The lowest BCUT2D eigenvalue weighted by atomic mass is 10.1. The molecule has 0 saturated carbocycles. The maximum absolute atomic E-state index is 13.5. The Labute approximate surface area is 114 Å². The summed E-state index contributed by atoms with van der Waals surface area (Å²) in [6.07, 6.45) is 2.39. The number of carbonyl (C=O) groups is 1. The number of hydrogen-bond acceptors (Lipinski definition) is 1. The number of halogens is 3. The molecule has 0 aliphatic rings. The molecule has 96 valence electrons. The minimum absolute atomic E-state index is 0.0307. The maximum atomic E-state index is 13.5. The van der Waals surface area contributed by atoms with Crippen LogP contribution in [0, 0.1) is 11.6 Å². The Balaban J connectivity index is 2.30. The molecule has 0 unspecified atom stereocenters. The molecule has 0 amide bonds. The molecule has 2 aromatic rings. The Morgan fingerprint density at radius 1 is 1.00 bits per heavy atom. The second kappa shape index (κ2) is 5.76. The average molecular weight is 279 g/mol. The molecule has 0 fully saturated rings. The van der Waals surface area contributed by atoms with Crippen molar-refractivity contribution in [2.24, 2.45) is 0 Å². The zero-order valence-corrected chi connectivity index (χ0v) is 10.5. The molecule has 0 radical (unpaired) electrons. The molecule has 19 heavy (non-hydrogen) atoms. The summed E-state index contributed by atoms with van der Waals surface area (Å²) in [6.45, 7) is 0. The van der Waals surface area contributed by atoms with Crippen LogP contribution < -0.4 is 0 Å². The van der Waals surface area contributed by atoms with Gasteiger partial charge in [0.25, 0.3) is 0 Å². The van der Waals surface area contributed by atoms with Gasteiger partial charge in [0, 0.05) is 5.56 Å². The number of carbonyl (C=O) groups excluding carboxylic acids is 1. The van der Waals surface area contributed by atoms with Crippen molar-refractivity contribution in [2.45, 2.75) is 0 Å². The quantitative estimate of drug-likeness (QED) is 0.596. The highest BCUT2D eigenvalue weighted by atomic mass is 35.5. The lowest BCUT2D eigenvalue weighted by Gasteiger charge is -2.01. The normalized spacial score (nSPS) is 10.9. The minimum Gasteiger partial charge on any atom is -0.289 e. The molecule has 0 aromatic heterocycles. The van der Waals surface area contributed by atoms with Crippen molar-refractivity contribution in [3.8, 4) is 0 Å². The van der Waals surface area contributed by atoms with E-state index in [4.69, 9.17) is 11.6 Å². The second-order valence-corrected chi connectivity index (χ2v) is 4.22. The summed E-state index contributed by atoms with van der Waals surface area (Å²) >= 11 is 5.77. The fourth-order valence-electron chi connectivity index (χ4n) is 1.59. The molecule has 0 spiro atoms. The minimum atomic E-state index is -0.698. The van der Waals surface area contributed by atoms with Gasteiger partial charge < -0.3 is 0 Å². The summed E-state index contributed by atoms with van der Waals surface area (Å²) in [4.78, 5) is 11.8. The molecule has 2 aromatic carbocycles. The molecular formula is C15H9ClF2O. The third-order valence-corrected chi connectivity index (χ3v) is 2.84. The van der Waals surface area contributed by atoms with Gasteiger partial charge in [0.05, 0.1) is 10.6 Å². The smallest absolute Gasteiger partial charge is 0.190 e. The first-order valence-electron chi connectivity index (χ1n) is 5.50. The van der Waals surface area contributed by atoms with Crippen LogP contribution in [0.1, 0.15) is 15.9 Å². The van der Waals surface area contributed by atoms with E-state index >= 15 is 0 Å². The zero-order chi connectivity index (χ0) is 13.8. The Bertz CT molecular complexity index is 630. The van der Waals surface area contributed by atoms with E-state index < -0.39 is 17.4 Å². The SMILES string of the molecule is O=C(/C=C/c1ccccc1F)c1c(F)cccc1Cl. The van der Waals surface area contributed by atoms with Gasteiger partial charge in [-0.3, -0.25) is 4.79 Å². The van der Waals surface area contributed by atoms with E-state index in [2.05, 4.69) is 0 Å². The van der Waals surface area contributed by atoms with E-state index in [9.17, 15) is 13.6 Å². The van der Waals surface area contributed by atoms with Crippen LogP contribution in [0.15, 0.2) is 48.5 Å². The van der Waals surface area contributed by atoms with Crippen LogP contribution in [0.5, 0.6) is 0 Å². The molecular weight excluding hydrogens is 270 g/mol. The van der Waals surface area contributed by atoms with E-state index in [1.165, 1.54) is 30.3 Å². The molecule has 0 heterocycles. The van der Waals surface area contributed by atoms with E-state index in [-0.39, 0.29) is 16.1 Å². The first-order chi connectivity index (χ1) is 9.09. The van der Waals surface area contributed by atoms with Crippen molar-refractivity contribution < 1.29 is 13.6 Å². The predicted molar refractivity (Wildman–Crippen MR) is 71.2 cm³/mol. The maximum Gasteiger partial charge on any atom is 0.190 e. The zero-order valence-electron chi connectivity index (χ0n) is 9.74. The largest absolute Gasteiger partial charge is 0.289 e. The highest BCUT2D eigenvalue weighted by molar-refractivity contribution is 6.34. The number of rotatable bonds is 3. The van der Waals surface area contributed by atoms with E-state index in [0.717, 1.165) is 12.1 Å². The second-order valence-electron chi connectivity index (χ2n) is 3.82. The molecule has 0 aliphatic heterocycles. The lowest BCUT2D eigenvalue weighted by Crippen LogP contribution is -1.99. The van der Waals surface area contributed by atoms with Crippen molar-refractivity contribution in [3.05, 3.63) is 76.3 Å². The summed E-state index contributed by atoms with van der Waals surface area (Å²) in [5.74, 6) is -1.76. The average Bonchev–Trinajstić information content (AvgIpc) is 2.37. The Morgan fingerprint density at radius 3 is 2.37 bits per heavy atom. The standard InChI is InChI=1S/C15H9ClF2O/c16-11-5-3-7-13(18)15(11)14(19)9-8-10-4-1-2-6-12(10)17/h1-9H/b9-8+. The van der Waals surface area contributed by atoms with Crippen molar-refractivity contribution in [1.29, 1.82) is 0 Å². The Kier molecular flexibility index (Phi) is 4.07. The molecule has 0 aliphatic carbocycles. The van der Waals surface area contributed by atoms with Crippen LogP contribution in [0.2, 0.25) is 5.02 Å². The van der Waals surface area contributed by atoms with Crippen LogP contribution in [-0.2, 0) is 0 Å². The third-order valence-electron chi connectivity index (χ3n) is 2.53. The van der Waals surface area contributed by atoms with Crippen LogP contribution in [-0.4, -0.2) is 5.78 Å². The topological polar surface area (TPSA) is 17.1 Å². The molecule has 2 rings (SSSR count). The first kappa shape index (κ1) is 13.4. The van der Waals surface area contributed by atoms with Gasteiger partial charge >= 0.3 is 0 Å². The van der Waals surface area contributed by atoms with Gasteiger partial charge in [-0.15, -0.1) is 0 Å². The van der Waals surface area contributed by atoms with Gasteiger partial charge in [-0.05, 0) is 30.4 Å². The molecule has 0 N–H and O–H groups in total. The predicted octanol–water partition coefficient (Wildman–Crippen LogP) is 4.51. The fraction of sp³-hybridized carbons (Fsp3) is 0. The molecule has 0 atom stereocenters. The number of allylic oxidation sites excluding steroid dienone is 1. The van der Waals surface area contributed by atoms with E-state index in [0.29, 0.717) is 0 Å². The van der Waals surface area contributed by atoms with Crippen molar-refractivity contribution in [2.75, 3.05) is 0 Å². The van der Waals surface area contributed by atoms with Crippen LogP contribution >= 0.6 is 11.6 Å². The number of hydrogen-bond donors (Lipinski definition) is 0. The molecule has 1 nitrogen and oxygen atoms in total. The first-order valence-corrected chi connectivity index (χ1v) is 5.88. The Morgan fingerprint density at radius 2 is 1.68 bits per heavy atom. The number of ketones is 1. The monoisotopic (exact) mass is 278 g/mol. The third kappa shape index (κ3) is 3.06. The lowest BCUT2D eigenvalue weighted by molar-refractivity contribution is 0.104. The summed E-state index contributed by atoms with van der Waals surface area (Å²) in [6, 6.07) is 9.97. The van der Waals surface area contributed by atoms with Gasteiger partial charge in [-0.2, -0.15) is 0 Å². The fourth-order valence-corrected chi connectivity index (χ4v) is 1.85. The summed E-state index contributed by atoms with van der Waals surface area (Å²) in [5, 5.41) is 0.0307. The van der Waals surface area contributed by atoms with E-state index in [1.54, 1.807) is 12.1 Å². The highest BCUT2D eigenvalue weighted by Gasteiger charge is 2.13. The van der Waals surface area contributed by atoms with Crippen molar-refractivity contribution in [3.63, 3.8) is 0 Å². The summed E-state index contributed by atoms with van der Waals surface area (Å²) < 4.78 is 26.8. The van der Waals surface area contributed by atoms with Crippen molar-refractivity contribution in [1.82, 2.24) is 0 Å². The van der Waals surface area contributed by atoms with Crippen LogP contribution in [0.3, 0.4) is 0 Å². The van der Waals surface area contributed by atoms with Crippen LogP contribution in [0.25, 0.3) is 6.08 Å². The number of benzene rings is 2.